The van der Waals surface area contributed by atoms with Gasteiger partial charge in [0, 0.05) is 5.02 Å². The summed E-state index contributed by atoms with van der Waals surface area (Å²) in [6, 6.07) is 11.5. The number of methoxy groups -OCH3 is 2. The van der Waals surface area contributed by atoms with E-state index in [-0.39, 0.29) is 0 Å². The third kappa shape index (κ3) is 4.51. The van der Waals surface area contributed by atoms with Gasteiger partial charge in [-0.15, -0.1) is 0 Å². The lowest BCUT2D eigenvalue weighted by molar-refractivity contribution is 0.353. The Kier molecular flexibility index (Phi) is 6.33. The molecule has 0 bridgehead atoms. The van der Waals surface area contributed by atoms with Crippen molar-refractivity contribution in [3.05, 3.63) is 56.1 Å². The largest absolute Gasteiger partial charge is 0.493 e. The zero-order chi connectivity index (χ0) is 15.9. The minimum atomic E-state index is 0.637. The first-order valence-corrected chi connectivity index (χ1v) is 8.01. The topological polar surface area (TPSA) is 42.8 Å². The molecule has 0 spiro atoms. The summed E-state index contributed by atoms with van der Waals surface area (Å²) in [5.41, 5.74) is 5.06. The van der Waals surface area contributed by atoms with E-state index in [1.807, 2.05) is 36.4 Å². The van der Waals surface area contributed by atoms with Crippen molar-refractivity contribution < 1.29 is 9.47 Å². The second-order valence-corrected chi connectivity index (χ2v) is 6.06. The van der Waals surface area contributed by atoms with Crippen LogP contribution in [0.1, 0.15) is 11.1 Å². The Labute approximate surface area is 148 Å². The fraction of sp³-hybridized carbons (Fsp3) is 0.188. The SMILES string of the molecule is COc1cc(/C=N\NCc2ccc(Cl)cc2)cc(I)c1OC. The molecule has 22 heavy (non-hydrogen) atoms. The minimum absolute atomic E-state index is 0.637. The van der Waals surface area contributed by atoms with Crippen LogP contribution in [-0.2, 0) is 6.54 Å². The molecule has 116 valence electrons. The number of halogens is 2. The van der Waals surface area contributed by atoms with Crippen molar-refractivity contribution in [3.63, 3.8) is 0 Å². The van der Waals surface area contributed by atoms with E-state index in [0.717, 1.165) is 25.5 Å². The molecule has 0 aromatic heterocycles. The van der Waals surface area contributed by atoms with E-state index in [1.54, 1.807) is 20.4 Å². The highest BCUT2D eigenvalue weighted by Crippen LogP contribution is 2.32. The fourth-order valence-electron chi connectivity index (χ4n) is 1.87. The van der Waals surface area contributed by atoms with Gasteiger partial charge in [-0.25, -0.2) is 0 Å². The van der Waals surface area contributed by atoms with E-state index in [0.29, 0.717) is 12.3 Å². The quantitative estimate of drug-likeness (QED) is 0.426. The molecule has 0 aliphatic carbocycles. The molecule has 2 rings (SSSR count). The van der Waals surface area contributed by atoms with Crippen LogP contribution in [0.2, 0.25) is 5.02 Å². The Bertz CT molecular complexity index is 660. The van der Waals surface area contributed by atoms with Gasteiger partial charge in [0.25, 0.3) is 0 Å². The predicted molar refractivity (Wildman–Crippen MR) is 98.1 cm³/mol. The van der Waals surface area contributed by atoms with Crippen molar-refractivity contribution in [2.75, 3.05) is 14.2 Å². The average molecular weight is 431 g/mol. The molecule has 0 heterocycles. The minimum Gasteiger partial charge on any atom is -0.493 e. The second-order valence-electron chi connectivity index (χ2n) is 4.46. The Hall–Kier alpha value is -1.47. The van der Waals surface area contributed by atoms with Gasteiger partial charge in [0.1, 0.15) is 0 Å². The molecule has 1 N–H and O–H groups in total. The highest BCUT2D eigenvalue weighted by atomic mass is 127. The molecule has 0 saturated heterocycles. The molecule has 4 nitrogen and oxygen atoms in total. The summed E-state index contributed by atoms with van der Waals surface area (Å²) in [4.78, 5) is 0. The van der Waals surface area contributed by atoms with Crippen molar-refractivity contribution in [1.29, 1.82) is 0 Å². The molecule has 0 fully saturated rings. The van der Waals surface area contributed by atoms with Crippen LogP contribution in [0.3, 0.4) is 0 Å². The molecule has 0 unspecified atom stereocenters. The standard InChI is InChI=1S/C16H16ClIN2O2/c1-21-15-8-12(7-14(18)16(15)22-2)10-20-19-9-11-3-5-13(17)6-4-11/h3-8,10,19H,9H2,1-2H3/b20-10-. The van der Waals surface area contributed by atoms with Crippen LogP contribution in [0.4, 0.5) is 0 Å². The summed E-state index contributed by atoms with van der Waals surface area (Å²) in [6.07, 6.45) is 1.75. The Balaban J connectivity index is 2.01. The number of hydrogen-bond donors (Lipinski definition) is 1. The third-order valence-electron chi connectivity index (χ3n) is 2.96. The maximum atomic E-state index is 5.85. The number of hydrazone groups is 1. The summed E-state index contributed by atoms with van der Waals surface area (Å²) >= 11 is 8.06. The van der Waals surface area contributed by atoms with Crippen LogP contribution in [-0.4, -0.2) is 20.4 Å². The molecule has 2 aromatic carbocycles. The molecule has 0 saturated carbocycles. The van der Waals surface area contributed by atoms with Gasteiger partial charge >= 0.3 is 0 Å². The fourth-order valence-corrected chi connectivity index (χ4v) is 2.84. The molecular weight excluding hydrogens is 415 g/mol. The highest BCUT2D eigenvalue weighted by Gasteiger charge is 2.09. The summed E-state index contributed by atoms with van der Waals surface area (Å²) < 4.78 is 11.6. The van der Waals surface area contributed by atoms with Crippen molar-refractivity contribution >= 4 is 40.4 Å². The first-order chi connectivity index (χ1) is 10.6. The van der Waals surface area contributed by atoms with Crippen LogP contribution < -0.4 is 14.9 Å². The van der Waals surface area contributed by atoms with Crippen LogP contribution in [0.15, 0.2) is 41.5 Å². The van der Waals surface area contributed by atoms with Crippen LogP contribution in [0.25, 0.3) is 0 Å². The lowest BCUT2D eigenvalue weighted by Crippen LogP contribution is -2.05. The number of hydrogen-bond acceptors (Lipinski definition) is 4. The third-order valence-corrected chi connectivity index (χ3v) is 4.01. The predicted octanol–water partition coefficient (Wildman–Crippen LogP) is 4.09. The Morgan fingerprint density at radius 2 is 1.91 bits per heavy atom. The second kappa shape index (κ2) is 8.24. The van der Waals surface area contributed by atoms with Gasteiger partial charge < -0.3 is 14.9 Å². The smallest absolute Gasteiger partial charge is 0.174 e. The van der Waals surface area contributed by atoms with E-state index >= 15 is 0 Å². The Morgan fingerprint density at radius 1 is 1.18 bits per heavy atom. The van der Waals surface area contributed by atoms with E-state index in [4.69, 9.17) is 21.1 Å². The van der Waals surface area contributed by atoms with Crippen LogP contribution in [0.5, 0.6) is 11.5 Å². The monoisotopic (exact) mass is 430 g/mol. The van der Waals surface area contributed by atoms with Crippen molar-refractivity contribution in [1.82, 2.24) is 5.43 Å². The maximum absolute atomic E-state index is 5.85. The molecule has 0 atom stereocenters. The van der Waals surface area contributed by atoms with Gasteiger partial charge in [-0.2, -0.15) is 5.10 Å². The normalized spacial score (nSPS) is 10.7. The van der Waals surface area contributed by atoms with Gasteiger partial charge in [-0.1, -0.05) is 23.7 Å². The summed E-state index contributed by atoms with van der Waals surface area (Å²) in [5.74, 6) is 1.42. The number of nitrogens with one attached hydrogen (secondary N) is 1. The first kappa shape index (κ1) is 16.9. The number of ether oxygens (including phenoxy) is 2. The first-order valence-electron chi connectivity index (χ1n) is 6.56. The summed E-state index contributed by atoms with van der Waals surface area (Å²) in [5, 5.41) is 4.95. The molecule has 0 radical (unpaired) electrons. The van der Waals surface area contributed by atoms with E-state index in [9.17, 15) is 0 Å². The van der Waals surface area contributed by atoms with Gasteiger partial charge in [0.15, 0.2) is 11.5 Å². The molecular formula is C16H16ClIN2O2. The van der Waals surface area contributed by atoms with E-state index in [1.165, 1.54) is 0 Å². The zero-order valence-corrected chi connectivity index (χ0v) is 15.2. The van der Waals surface area contributed by atoms with Crippen LogP contribution >= 0.6 is 34.2 Å². The lowest BCUT2D eigenvalue weighted by Gasteiger charge is -2.10. The van der Waals surface area contributed by atoms with Crippen molar-refractivity contribution in [2.45, 2.75) is 6.54 Å². The van der Waals surface area contributed by atoms with E-state index < -0.39 is 0 Å². The number of rotatable bonds is 6. The van der Waals surface area contributed by atoms with Gasteiger partial charge in [-0.3, -0.25) is 0 Å². The van der Waals surface area contributed by atoms with Crippen LogP contribution in [0, 0.1) is 3.57 Å². The average Bonchev–Trinajstić information content (AvgIpc) is 2.52. The lowest BCUT2D eigenvalue weighted by atomic mass is 10.2. The van der Waals surface area contributed by atoms with Gasteiger partial charge in [0.2, 0.25) is 0 Å². The van der Waals surface area contributed by atoms with Gasteiger partial charge in [-0.05, 0) is 58.0 Å². The number of benzene rings is 2. The van der Waals surface area contributed by atoms with E-state index in [2.05, 4.69) is 33.1 Å². The maximum Gasteiger partial charge on any atom is 0.174 e. The zero-order valence-electron chi connectivity index (χ0n) is 12.3. The molecule has 0 aliphatic rings. The molecule has 0 amide bonds. The van der Waals surface area contributed by atoms with Crippen molar-refractivity contribution in [2.24, 2.45) is 5.10 Å². The number of nitrogens with zero attached hydrogens (tertiary/aromatic N) is 1. The molecule has 2 aromatic rings. The summed E-state index contributed by atoms with van der Waals surface area (Å²) in [7, 11) is 3.25. The summed E-state index contributed by atoms with van der Waals surface area (Å²) in [6.45, 7) is 0.637. The molecule has 6 heteroatoms. The highest BCUT2D eigenvalue weighted by molar-refractivity contribution is 14.1. The van der Waals surface area contributed by atoms with Crippen molar-refractivity contribution in [3.8, 4) is 11.5 Å². The Morgan fingerprint density at radius 3 is 2.55 bits per heavy atom. The van der Waals surface area contributed by atoms with Gasteiger partial charge in [0.05, 0.1) is 30.5 Å². The molecule has 0 aliphatic heterocycles.